The van der Waals surface area contributed by atoms with Crippen molar-refractivity contribution in [1.29, 1.82) is 0 Å². The second-order valence-corrected chi connectivity index (χ2v) is 6.60. The third-order valence-electron chi connectivity index (χ3n) is 3.24. The van der Waals surface area contributed by atoms with Crippen LogP contribution in [0.4, 0.5) is 5.69 Å². The van der Waals surface area contributed by atoms with Gasteiger partial charge in [-0.05, 0) is 43.2 Å². The Balaban J connectivity index is 2.48. The molecule has 0 radical (unpaired) electrons. The van der Waals surface area contributed by atoms with Gasteiger partial charge in [0.25, 0.3) is 10.0 Å². The van der Waals surface area contributed by atoms with Crippen LogP contribution in [0.3, 0.4) is 0 Å². The largest absolute Gasteiger partial charge is 0.496 e. The van der Waals surface area contributed by atoms with Crippen LogP contribution in [-0.2, 0) is 10.0 Å². The summed E-state index contributed by atoms with van der Waals surface area (Å²) in [7, 11) is -0.841. The number of aryl methyl sites for hydroxylation is 2. The van der Waals surface area contributed by atoms with Gasteiger partial charge in [-0.15, -0.1) is 0 Å². The van der Waals surface area contributed by atoms with E-state index >= 15 is 0 Å². The van der Waals surface area contributed by atoms with Crippen LogP contribution in [0.5, 0.6) is 11.5 Å². The lowest BCUT2D eigenvalue weighted by Gasteiger charge is -2.14. The molecule has 0 aromatic heterocycles. The number of hydrogen-bond donors (Lipinski definition) is 1. The molecule has 5 nitrogen and oxygen atoms in total. The van der Waals surface area contributed by atoms with Gasteiger partial charge in [0.1, 0.15) is 16.4 Å². The molecule has 2 rings (SSSR count). The van der Waals surface area contributed by atoms with E-state index in [0.29, 0.717) is 11.4 Å². The molecule has 2 aromatic carbocycles. The quantitative estimate of drug-likeness (QED) is 0.919. The molecule has 0 heterocycles. The Morgan fingerprint density at radius 3 is 2.23 bits per heavy atom. The Labute approximate surface area is 130 Å². The van der Waals surface area contributed by atoms with Crippen molar-refractivity contribution in [2.24, 2.45) is 0 Å². The van der Waals surface area contributed by atoms with E-state index in [4.69, 9.17) is 9.47 Å². The zero-order valence-electron chi connectivity index (χ0n) is 13.0. The standard InChI is InChI=1S/C16H19NO4S/c1-11-6-5-7-13(8-11)17-22(18,19)16-10-14(20-3)12(2)9-15(16)21-4/h5-10,17H,1-4H3. The molecule has 2 aromatic rings. The normalized spacial score (nSPS) is 11.1. The fourth-order valence-corrected chi connectivity index (χ4v) is 3.37. The Morgan fingerprint density at radius 1 is 0.955 bits per heavy atom. The maximum atomic E-state index is 12.6. The zero-order chi connectivity index (χ0) is 16.3. The first-order chi connectivity index (χ1) is 10.4. The lowest BCUT2D eigenvalue weighted by Crippen LogP contribution is -2.14. The van der Waals surface area contributed by atoms with Gasteiger partial charge < -0.3 is 9.47 Å². The molecular formula is C16H19NO4S. The van der Waals surface area contributed by atoms with Gasteiger partial charge in [-0.1, -0.05) is 12.1 Å². The van der Waals surface area contributed by atoms with Crippen molar-refractivity contribution in [2.45, 2.75) is 18.7 Å². The van der Waals surface area contributed by atoms with E-state index < -0.39 is 10.0 Å². The third kappa shape index (κ3) is 3.33. The van der Waals surface area contributed by atoms with Gasteiger partial charge >= 0.3 is 0 Å². The van der Waals surface area contributed by atoms with Gasteiger partial charge in [-0.25, -0.2) is 8.42 Å². The summed E-state index contributed by atoms with van der Waals surface area (Å²) >= 11 is 0. The van der Waals surface area contributed by atoms with Gasteiger partial charge in [0.15, 0.2) is 0 Å². The number of hydrogen-bond acceptors (Lipinski definition) is 4. The molecule has 0 fully saturated rings. The van der Waals surface area contributed by atoms with Crippen molar-refractivity contribution in [3.8, 4) is 11.5 Å². The minimum atomic E-state index is -3.78. The predicted octanol–water partition coefficient (Wildman–Crippen LogP) is 3.12. The third-order valence-corrected chi connectivity index (χ3v) is 4.64. The number of ether oxygens (including phenoxy) is 2. The molecular weight excluding hydrogens is 302 g/mol. The molecule has 0 aliphatic carbocycles. The summed E-state index contributed by atoms with van der Waals surface area (Å²) in [6.07, 6.45) is 0. The minimum absolute atomic E-state index is 0.0407. The van der Waals surface area contributed by atoms with E-state index in [2.05, 4.69) is 4.72 Å². The monoisotopic (exact) mass is 321 g/mol. The fraction of sp³-hybridized carbons (Fsp3) is 0.250. The van der Waals surface area contributed by atoms with E-state index in [9.17, 15) is 8.42 Å². The summed E-state index contributed by atoms with van der Waals surface area (Å²) in [4.78, 5) is 0.0407. The second kappa shape index (κ2) is 6.27. The van der Waals surface area contributed by atoms with Crippen LogP contribution in [-0.4, -0.2) is 22.6 Å². The van der Waals surface area contributed by atoms with Crippen LogP contribution in [0.1, 0.15) is 11.1 Å². The molecule has 22 heavy (non-hydrogen) atoms. The van der Waals surface area contributed by atoms with E-state index in [1.54, 1.807) is 24.3 Å². The van der Waals surface area contributed by atoms with Crippen molar-refractivity contribution >= 4 is 15.7 Å². The highest BCUT2D eigenvalue weighted by molar-refractivity contribution is 7.92. The number of sulfonamides is 1. The lowest BCUT2D eigenvalue weighted by atomic mass is 10.2. The van der Waals surface area contributed by atoms with E-state index in [0.717, 1.165) is 11.1 Å². The van der Waals surface area contributed by atoms with Crippen molar-refractivity contribution in [1.82, 2.24) is 0 Å². The molecule has 0 saturated carbocycles. The Hall–Kier alpha value is -2.21. The molecule has 0 atom stereocenters. The van der Waals surface area contributed by atoms with Crippen molar-refractivity contribution in [3.05, 3.63) is 47.5 Å². The first-order valence-corrected chi connectivity index (χ1v) is 8.18. The molecule has 0 aliphatic rings. The number of methoxy groups -OCH3 is 2. The van der Waals surface area contributed by atoms with Crippen molar-refractivity contribution in [3.63, 3.8) is 0 Å². The fourth-order valence-electron chi connectivity index (χ4n) is 2.15. The Morgan fingerprint density at radius 2 is 1.64 bits per heavy atom. The van der Waals surface area contributed by atoms with Crippen LogP contribution < -0.4 is 14.2 Å². The zero-order valence-corrected chi connectivity index (χ0v) is 13.8. The Bertz CT molecular complexity index is 785. The smallest absolute Gasteiger partial charge is 0.265 e. The topological polar surface area (TPSA) is 64.6 Å². The van der Waals surface area contributed by atoms with Gasteiger partial charge in [0.05, 0.1) is 14.2 Å². The van der Waals surface area contributed by atoms with Crippen LogP contribution >= 0.6 is 0 Å². The first kappa shape index (κ1) is 16.2. The maximum absolute atomic E-state index is 12.6. The summed E-state index contributed by atoms with van der Waals surface area (Å²) in [5, 5.41) is 0. The van der Waals surface area contributed by atoms with Gasteiger partial charge in [0.2, 0.25) is 0 Å². The minimum Gasteiger partial charge on any atom is -0.496 e. The Kier molecular flexibility index (Phi) is 4.61. The number of nitrogens with one attached hydrogen (secondary N) is 1. The molecule has 0 unspecified atom stereocenters. The number of benzene rings is 2. The van der Waals surface area contributed by atoms with Crippen LogP contribution in [0.15, 0.2) is 41.3 Å². The van der Waals surface area contributed by atoms with Gasteiger partial charge in [-0.3, -0.25) is 4.72 Å². The summed E-state index contributed by atoms with van der Waals surface area (Å²) < 4.78 is 38.2. The summed E-state index contributed by atoms with van der Waals surface area (Å²) in [6, 6.07) is 10.3. The van der Waals surface area contributed by atoms with Crippen molar-refractivity contribution < 1.29 is 17.9 Å². The van der Waals surface area contributed by atoms with Crippen LogP contribution in [0, 0.1) is 13.8 Å². The average Bonchev–Trinajstić information content (AvgIpc) is 2.46. The number of rotatable bonds is 5. The molecule has 0 spiro atoms. The van der Waals surface area contributed by atoms with Gasteiger partial charge in [-0.2, -0.15) is 0 Å². The molecule has 6 heteroatoms. The summed E-state index contributed by atoms with van der Waals surface area (Å²) in [5.74, 6) is 0.767. The molecule has 0 bridgehead atoms. The predicted molar refractivity (Wildman–Crippen MR) is 86.3 cm³/mol. The van der Waals surface area contributed by atoms with E-state index in [1.165, 1.54) is 20.3 Å². The molecule has 1 N–H and O–H groups in total. The number of anilines is 1. The molecule has 0 amide bonds. The highest BCUT2D eigenvalue weighted by atomic mass is 32.2. The van der Waals surface area contributed by atoms with Gasteiger partial charge in [0, 0.05) is 11.8 Å². The maximum Gasteiger partial charge on any atom is 0.265 e. The summed E-state index contributed by atoms with van der Waals surface area (Å²) in [6.45, 7) is 3.72. The van der Waals surface area contributed by atoms with E-state index in [1.807, 2.05) is 19.9 Å². The first-order valence-electron chi connectivity index (χ1n) is 6.69. The SMILES string of the molecule is COc1cc(S(=O)(=O)Nc2cccc(C)c2)c(OC)cc1C. The molecule has 0 aliphatic heterocycles. The average molecular weight is 321 g/mol. The lowest BCUT2D eigenvalue weighted by molar-refractivity contribution is 0.390. The molecule has 118 valence electrons. The van der Waals surface area contributed by atoms with Crippen molar-refractivity contribution in [2.75, 3.05) is 18.9 Å². The van der Waals surface area contributed by atoms with Crippen LogP contribution in [0.25, 0.3) is 0 Å². The summed E-state index contributed by atoms with van der Waals surface area (Å²) in [5.41, 5.74) is 2.27. The second-order valence-electron chi connectivity index (χ2n) is 4.95. The highest BCUT2D eigenvalue weighted by Crippen LogP contribution is 2.32. The molecule has 0 saturated heterocycles. The highest BCUT2D eigenvalue weighted by Gasteiger charge is 2.22. The van der Waals surface area contributed by atoms with Crippen LogP contribution in [0.2, 0.25) is 0 Å². The van der Waals surface area contributed by atoms with E-state index in [-0.39, 0.29) is 10.6 Å².